The molecule has 7 heteroatoms. The molecule has 1 amide bonds. The molecule has 0 saturated carbocycles. The highest BCUT2D eigenvalue weighted by Crippen LogP contribution is 2.15. The zero-order valence-corrected chi connectivity index (χ0v) is 12.1. The van der Waals surface area contributed by atoms with E-state index in [1.807, 2.05) is 25.3 Å². The number of hydrogen-bond acceptors (Lipinski definition) is 5. The van der Waals surface area contributed by atoms with E-state index < -0.39 is 0 Å². The number of fused-ring (bicyclic) bond motifs is 1. The van der Waals surface area contributed by atoms with E-state index in [1.165, 1.54) is 0 Å². The summed E-state index contributed by atoms with van der Waals surface area (Å²) in [6, 6.07) is 4.33. The maximum atomic E-state index is 10.9. The smallest absolute Gasteiger partial charge is 0.243 e. The van der Waals surface area contributed by atoms with Crippen molar-refractivity contribution in [3.63, 3.8) is 0 Å². The molecule has 2 aromatic rings. The van der Waals surface area contributed by atoms with Crippen LogP contribution in [-0.2, 0) is 4.79 Å². The van der Waals surface area contributed by atoms with Crippen LogP contribution in [0.5, 0.6) is 0 Å². The number of rotatable bonds is 4. The van der Waals surface area contributed by atoms with Gasteiger partial charge in [0.15, 0.2) is 5.65 Å². The van der Waals surface area contributed by atoms with Crippen molar-refractivity contribution >= 4 is 17.5 Å². The lowest BCUT2D eigenvalue weighted by Gasteiger charge is -2.31. The lowest BCUT2D eigenvalue weighted by atomic mass is 10.1. The van der Waals surface area contributed by atoms with Crippen LogP contribution in [0.2, 0.25) is 0 Å². The van der Waals surface area contributed by atoms with Crippen molar-refractivity contribution in [3.8, 4) is 0 Å². The molecular weight excluding hydrogens is 268 g/mol. The Morgan fingerprint density at radius 3 is 2.90 bits per heavy atom. The number of hydrogen-bond donors (Lipinski definition) is 2. The van der Waals surface area contributed by atoms with Crippen molar-refractivity contribution in [1.82, 2.24) is 19.5 Å². The van der Waals surface area contributed by atoms with Crippen LogP contribution in [0.15, 0.2) is 18.3 Å². The van der Waals surface area contributed by atoms with Gasteiger partial charge in [-0.05, 0) is 31.4 Å². The first-order chi connectivity index (χ1) is 10.1. The fraction of sp³-hybridized carbons (Fsp3) is 0.500. The number of nitrogens with zero attached hydrogens (tertiary/aromatic N) is 4. The van der Waals surface area contributed by atoms with Gasteiger partial charge >= 0.3 is 0 Å². The minimum atomic E-state index is -0.265. The molecule has 2 aromatic heterocycles. The SMILES string of the molecule is Cc1ccc2nc(NC3CCN(CC(N)=O)CC3)nn2c1. The van der Waals surface area contributed by atoms with Crippen molar-refractivity contribution in [1.29, 1.82) is 0 Å². The first-order valence-electron chi connectivity index (χ1n) is 7.20. The van der Waals surface area contributed by atoms with E-state index in [1.54, 1.807) is 4.52 Å². The number of pyridine rings is 1. The molecule has 0 spiro atoms. The average molecular weight is 288 g/mol. The highest BCUT2D eigenvalue weighted by molar-refractivity contribution is 5.75. The fourth-order valence-electron chi connectivity index (χ4n) is 2.69. The van der Waals surface area contributed by atoms with Crippen LogP contribution in [0.1, 0.15) is 18.4 Å². The summed E-state index contributed by atoms with van der Waals surface area (Å²) in [7, 11) is 0. The highest BCUT2D eigenvalue weighted by atomic mass is 16.1. The predicted molar refractivity (Wildman–Crippen MR) is 80.0 cm³/mol. The highest BCUT2D eigenvalue weighted by Gasteiger charge is 2.21. The summed E-state index contributed by atoms with van der Waals surface area (Å²) in [5.41, 5.74) is 7.21. The van der Waals surface area contributed by atoms with E-state index in [4.69, 9.17) is 5.73 Å². The largest absolute Gasteiger partial charge is 0.369 e. The van der Waals surface area contributed by atoms with Gasteiger partial charge in [-0.3, -0.25) is 9.69 Å². The molecule has 21 heavy (non-hydrogen) atoms. The molecule has 3 rings (SSSR count). The monoisotopic (exact) mass is 288 g/mol. The summed E-state index contributed by atoms with van der Waals surface area (Å²) in [6.45, 7) is 4.11. The molecule has 0 radical (unpaired) electrons. The van der Waals surface area contributed by atoms with Gasteiger partial charge in [0.05, 0.1) is 6.54 Å². The molecule has 7 nitrogen and oxygen atoms in total. The minimum Gasteiger partial charge on any atom is -0.369 e. The van der Waals surface area contributed by atoms with E-state index in [2.05, 4.69) is 20.3 Å². The van der Waals surface area contributed by atoms with Crippen LogP contribution in [0, 0.1) is 6.92 Å². The van der Waals surface area contributed by atoms with Crippen LogP contribution in [-0.4, -0.2) is 51.1 Å². The minimum absolute atomic E-state index is 0.265. The standard InChI is InChI=1S/C14H20N6O/c1-10-2-3-13-17-14(18-20(13)8-10)16-11-4-6-19(7-5-11)9-12(15)21/h2-3,8,11H,4-7,9H2,1H3,(H2,15,21)(H,16,18). The second kappa shape index (κ2) is 5.69. The van der Waals surface area contributed by atoms with Crippen molar-refractivity contribution < 1.29 is 4.79 Å². The van der Waals surface area contributed by atoms with Gasteiger partial charge in [0.1, 0.15) is 0 Å². The normalized spacial score (nSPS) is 17.2. The van der Waals surface area contributed by atoms with Crippen LogP contribution >= 0.6 is 0 Å². The molecule has 1 saturated heterocycles. The van der Waals surface area contributed by atoms with Crippen molar-refractivity contribution in [2.75, 3.05) is 25.0 Å². The van der Waals surface area contributed by atoms with Crippen LogP contribution < -0.4 is 11.1 Å². The van der Waals surface area contributed by atoms with E-state index in [-0.39, 0.29) is 5.91 Å². The fourth-order valence-corrected chi connectivity index (χ4v) is 2.69. The van der Waals surface area contributed by atoms with Gasteiger partial charge in [0, 0.05) is 25.3 Å². The second-order valence-electron chi connectivity index (χ2n) is 5.61. The molecule has 0 bridgehead atoms. The first kappa shape index (κ1) is 13.8. The van der Waals surface area contributed by atoms with Crippen molar-refractivity contribution in [2.45, 2.75) is 25.8 Å². The molecule has 3 N–H and O–H groups in total. The summed E-state index contributed by atoms with van der Waals surface area (Å²) >= 11 is 0. The summed E-state index contributed by atoms with van der Waals surface area (Å²) < 4.78 is 1.79. The van der Waals surface area contributed by atoms with Gasteiger partial charge in [-0.2, -0.15) is 4.98 Å². The molecule has 3 heterocycles. The third-order valence-corrected chi connectivity index (χ3v) is 3.78. The number of primary amides is 1. The number of likely N-dealkylation sites (tertiary alicyclic amines) is 1. The van der Waals surface area contributed by atoms with Crippen molar-refractivity contribution in [2.24, 2.45) is 5.73 Å². The Balaban J connectivity index is 1.60. The summed E-state index contributed by atoms with van der Waals surface area (Å²) in [5, 5.41) is 7.82. The topological polar surface area (TPSA) is 88.5 Å². The number of aryl methyl sites for hydroxylation is 1. The summed E-state index contributed by atoms with van der Waals surface area (Å²) in [4.78, 5) is 17.5. The number of anilines is 1. The number of aromatic nitrogens is 3. The third-order valence-electron chi connectivity index (χ3n) is 3.78. The number of carbonyl (C=O) groups is 1. The predicted octanol–water partition coefficient (Wildman–Crippen LogP) is 0.399. The van der Waals surface area contributed by atoms with Gasteiger partial charge in [0.25, 0.3) is 0 Å². The van der Waals surface area contributed by atoms with Crippen LogP contribution in [0.4, 0.5) is 5.95 Å². The zero-order chi connectivity index (χ0) is 14.8. The first-order valence-corrected chi connectivity index (χ1v) is 7.20. The Morgan fingerprint density at radius 2 is 2.19 bits per heavy atom. The molecule has 0 unspecified atom stereocenters. The Kier molecular flexibility index (Phi) is 3.74. The van der Waals surface area contributed by atoms with Gasteiger partial charge < -0.3 is 11.1 Å². The van der Waals surface area contributed by atoms with Crippen LogP contribution in [0.3, 0.4) is 0 Å². The summed E-state index contributed by atoms with van der Waals surface area (Å²) in [6.07, 6.45) is 3.88. The van der Waals surface area contributed by atoms with Gasteiger partial charge in [0.2, 0.25) is 11.9 Å². The molecule has 0 aliphatic carbocycles. The molecule has 1 aliphatic rings. The Morgan fingerprint density at radius 1 is 1.43 bits per heavy atom. The molecule has 0 atom stereocenters. The quantitative estimate of drug-likeness (QED) is 0.850. The number of amides is 1. The van der Waals surface area contributed by atoms with Gasteiger partial charge in [-0.25, -0.2) is 4.52 Å². The Hall–Kier alpha value is -2.15. The van der Waals surface area contributed by atoms with Gasteiger partial charge in [-0.15, -0.1) is 5.10 Å². The second-order valence-corrected chi connectivity index (χ2v) is 5.61. The third kappa shape index (κ3) is 3.30. The number of carbonyl (C=O) groups excluding carboxylic acids is 1. The summed E-state index contributed by atoms with van der Waals surface area (Å²) in [5.74, 6) is 0.396. The molecule has 1 fully saturated rings. The van der Waals surface area contributed by atoms with Gasteiger partial charge in [-0.1, -0.05) is 6.07 Å². The van der Waals surface area contributed by atoms with E-state index in [0.29, 0.717) is 18.5 Å². The Bertz CT molecular complexity index is 644. The lowest BCUT2D eigenvalue weighted by Crippen LogP contribution is -2.43. The molecule has 112 valence electrons. The molecular formula is C14H20N6O. The molecule has 0 aromatic carbocycles. The maximum Gasteiger partial charge on any atom is 0.243 e. The Labute approximate surface area is 123 Å². The average Bonchev–Trinajstić information content (AvgIpc) is 2.82. The maximum absolute atomic E-state index is 10.9. The number of nitrogens with two attached hydrogens (primary N) is 1. The van der Waals surface area contributed by atoms with Crippen molar-refractivity contribution in [3.05, 3.63) is 23.9 Å². The van der Waals surface area contributed by atoms with Crippen LogP contribution in [0.25, 0.3) is 5.65 Å². The van der Waals surface area contributed by atoms with E-state index >= 15 is 0 Å². The molecule has 1 aliphatic heterocycles. The van der Waals surface area contributed by atoms with E-state index in [0.717, 1.165) is 37.1 Å². The van der Waals surface area contributed by atoms with E-state index in [9.17, 15) is 4.79 Å². The number of nitrogens with one attached hydrogen (secondary N) is 1. The zero-order valence-electron chi connectivity index (χ0n) is 12.1. The lowest BCUT2D eigenvalue weighted by molar-refractivity contribution is -0.119. The number of piperidine rings is 1.